The molecule has 0 saturated carbocycles. The predicted molar refractivity (Wildman–Crippen MR) is 61.6 cm³/mol. The van der Waals surface area contributed by atoms with Gasteiger partial charge in [0, 0.05) is 7.05 Å². The highest BCUT2D eigenvalue weighted by atomic mass is 16.5. The second kappa shape index (κ2) is 4.98. The third-order valence-electron chi connectivity index (χ3n) is 2.35. The lowest BCUT2D eigenvalue weighted by Crippen LogP contribution is -2.29. The Morgan fingerprint density at radius 3 is 2.53 bits per heavy atom. The maximum atomic E-state index is 8.92. The van der Waals surface area contributed by atoms with Gasteiger partial charge in [-0.2, -0.15) is 5.10 Å². The topological polar surface area (TPSA) is 80.4 Å². The molecule has 0 amide bonds. The number of nitrogens with zero attached hydrogens (tertiary/aromatic N) is 3. The molecule has 17 heavy (non-hydrogen) atoms. The Kier molecular flexibility index (Phi) is 3.41. The van der Waals surface area contributed by atoms with Gasteiger partial charge in [-0.15, -0.1) is 0 Å². The summed E-state index contributed by atoms with van der Waals surface area (Å²) >= 11 is 0. The van der Waals surface area contributed by atoms with E-state index in [2.05, 4.69) is 10.1 Å². The van der Waals surface area contributed by atoms with Crippen LogP contribution in [0.25, 0.3) is 0 Å². The lowest BCUT2D eigenvalue weighted by Gasteiger charge is -2.06. The van der Waals surface area contributed by atoms with Gasteiger partial charge in [0.25, 0.3) is 0 Å². The zero-order chi connectivity index (χ0) is 12.3. The van der Waals surface area contributed by atoms with Crippen LogP contribution in [0.1, 0.15) is 5.82 Å². The first-order chi connectivity index (χ1) is 8.16. The molecule has 0 fully saturated rings. The normalized spacial score (nSPS) is 10.3. The van der Waals surface area contributed by atoms with Crippen molar-refractivity contribution < 1.29 is 14.8 Å². The molecule has 0 aliphatic heterocycles. The molecular weight excluding hydrogens is 221 g/mol. The molecule has 0 radical (unpaired) electrons. The summed E-state index contributed by atoms with van der Waals surface area (Å²) in [6.07, 6.45) is 1.46. The highest BCUT2D eigenvalue weighted by molar-refractivity contribution is 6.58. The average Bonchev–Trinajstić information content (AvgIpc) is 2.73. The van der Waals surface area contributed by atoms with Crippen molar-refractivity contribution in [2.24, 2.45) is 7.05 Å². The number of rotatable bonds is 4. The zero-order valence-electron chi connectivity index (χ0n) is 9.32. The van der Waals surface area contributed by atoms with E-state index in [9.17, 15) is 0 Å². The quantitative estimate of drug-likeness (QED) is 0.667. The van der Waals surface area contributed by atoms with Crippen LogP contribution in [0.2, 0.25) is 0 Å². The highest BCUT2D eigenvalue weighted by Crippen LogP contribution is 2.09. The van der Waals surface area contributed by atoms with Crippen LogP contribution in [0.15, 0.2) is 30.6 Å². The Bertz CT molecular complexity index is 484. The fourth-order valence-electron chi connectivity index (χ4n) is 1.33. The summed E-state index contributed by atoms with van der Waals surface area (Å²) in [5.74, 6) is 1.36. The first-order valence-electron chi connectivity index (χ1n) is 5.08. The third-order valence-corrected chi connectivity index (χ3v) is 2.35. The Morgan fingerprint density at radius 1 is 1.29 bits per heavy atom. The minimum atomic E-state index is -1.46. The fraction of sp³-hybridized carbons (Fsp3) is 0.200. The Balaban J connectivity index is 1.98. The maximum absolute atomic E-state index is 8.92. The standard InChI is InChI=1S/C10H12BN3O3/c1-14-10(12-7-13-14)6-17-9-4-2-8(3-5-9)11(15)16/h2-5,7,15-16H,6H2,1H3. The van der Waals surface area contributed by atoms with Gasteiger partial charge in [-0.3, -0.25) is 4.68 Å². The van der Waals surface area contributed by atoms with Crippen LogP contribution in [0.4, 0.5) is 0 Å². The van der Waals surface area contributed by atoms with Crippen molar-refractivity contribution in [3.05, 3.63) is 36.4 Å². The first kappa shape index (κ1) is 11.6. The molecule has 0 unspecified atom stereocenters. The van der Waals surface area contributed by atoms with Gasteiger partial charge in [0.2, 0.25) is 0 Å². The van der Waals surface area contributed by atoms with Crippen molar-refractivity contribution in [3.63, 3.8) is 0 Å². The summed E-state index contributed by atoms with van der Waals surface area (Å²) in [5.41, 5.74) is 0.427. The largest absolute Gasteiger partial charge is 0.488 e. The van der Waals surface area contributed by atoms with Crippen LogP contribution < -0.4 is 10.2 Å². The average molecular weight is 233 g/mol. The lowest BCUT2D eigenvalue weighted by molar-refractivity contribution is 0.290. The van der Waals surface area contributed by atoms with E-state index < -0.39 is 7.12 Å². The van der Waals surface area contributed by atoms with Gasteiger partial charge in [-0.1, -0.05) is 12.1 Å². The number of aryl methyl sites for hydroxylation is 1. The van der Waals surface area contributed by atoms with E-state index in [0.717, 1.165) is 5.82 Å². The molecular formula is C10H12BN3O3. The van der Waals surface area contributed by atoms with E-state index in [1.165, 1.54) is 6.33 Å². The maximum Gasteiger partial charge on any atom is 0.488 e. The molecule has 0 spiro atoms. The molecule has 2 aromatic rings. The second-order valence-corrected chi connectivity index (χ2v) is 3.53. The van der Waals surface area contributed by atoms with Crippen molar-refractivity contribution in [2.45, 2.75) is 6.61 Å². The summed E-state index contributed by atoms with van der Waals surface area (Å²) in [6, 6.07) is 6.53. The molecule has 0 bridgehead atoms. The fourth-order valence-corrected chi connectivity index (χ4v) is 1.33. The zero-order valence-corrected chi connectivity index (χ0v) is 9.32. The van der Waals surface area contributed by atoms with Gasteiger partial charge in [0.05, 0.1) is 0 Å². The van der Waals surface area contributed by atoms with E-state index in [0.29, 0.717) is 17.8 Å². The number of benzene rings is 1. The van der Waals surface area contributed by atoms with E-state index in [4.69, 9.17) is 14.8 Å². The molecule has 2 rings (SSSR count). The van der Waals surface area contributed by atoms with Crippen molar-refractivity contribution in [1.82, 2.24) is 14.8 Å². The Morgan fingerprint density at radius 2 is 2.00 bits per heavy atom. The minimum Gasteiger partial charge on any atom is -0.486 e. The monoisotopic (exact) mass is 233 g/mol. The highest BCUT2D eigenvalue weighted by Gasteiger charge is 2.10. The Labute approximate surface area is 98.6 Å². The molecule has 0 atom stereocenters. The smallest absolute Gasteiger partial charge is 0.486 e. The molecule has 1 aromatic heterocycles. The molecule has 1 heterocycles. The van der Waals surface area contributed by atoms with Crippen LogP contribution in [0.5, 0.6) is 5.75 Å². The molecule has 7 heteroatoms. The Hall–Kier alpha value is -1.86. The summed E-state index contributed by atoms with van der Waals surface area (Å²) in [5, 5.41) is 21.8. The van der Waals surface area contributed by atoms with Gasteiger partial charge < -0.3 is 14.8 Å². The molecule has 0 saturated heterocycles. The summed E-state index contributed by atoms with van der Waals surface area (Å²) in [4.78, 5) is 4.02. The van der Waals surface area contributed by atoms with E-state index in [-0.39, 0.29) is 0 Å². The molecule has 2 N–H and O–H groups in total. The van der Waals surface area contributed by atoms with Crippen LogP contribution in [0.3, 0.4) is 0 Å². The van der Waals surface area contributed by atoms with Gasteiger partial charge in [0.1, 0.15) is 18.7 Å². The van der Waals surface area contributed by atoms with Crippen molar-refractivity contribution in [1.29, 1.82) is 0 Å². The number of hydrogen-bond acceptors (Lipinski definition) is 5. The lowest BCUT2D eigenvalue weighted by atomic mass is 9.80. The van der Waals surface area contributed by atoms with Crippen LogP contribution >= 0.6 is 0 Å². The molecule has 88 valence electrons. The molecule has 0 aliphatic rings. The van der Waals surface area contributed by atoms with Crippen molar-refractivity contribution in [2.75, 3.05) is 0 Å². The molecule has 1 aromatic carbocycles. The van der Waals surface area contributed by atoms with Crippen LogP contribution in [-0.2, 0) is 13.7 Å². The van der Waals surface area contributed by atoms with Gasteiger partial charge >= 0.3 is 7.12 Å². The number of ether oxygens (including phenoxy) is 1. The predicted octanol–water partition coefficient (Wildman–Crippen LogP) is -0.926. The summed E-state index contributed by atoms with van der Waals surface area (Å²) in [6.45, 7) is 0.317. The van der Waals surface area contributed by atoms with Crippen LogP contribution in [0, 0.1) is 0 Å². The van der Waals surface area contributed by atoms with Gasteiger partial charge in [-0.25, -0.2) is 4.98 Å². The van der Waals surface area contributed by atoms with E-state index in [1.807, 2.05) is 0 Å². The van der Waals surface area contributed by atoms with E-state index in [1.54, 1.807) is 36.0 Å². The minimum absolute atomic E-state index is 0.317. The van der Waals surface area contributed by atoms with E-state index >= 15 is 0 Å². The van der Waals surface area contributed by atoms with Crippen molar-refractivity contribution in [3.8, 4) is 5.75 Å². The van der Waals surface area contributed by atoms with Crippen LogP contribution in [-0.4, -0.2) is 31.9 Å². The summed E-state index contributed by atoms with van der Waals surface area (Å²) < 4.78 is 7.11. The van der Waals surface area contributed by atoms with Gasteiger partial charge in [0.15, 0.2) is 5.82 Å². The van der Waals surface area contributed by atoms with Crippen molar-refractivity contribution >= 4 is 12.6 Å². The SMILES string of the molecule is Cn1ncnc1COc1ccc(B(O)O)cc1. The second-order valence-electron chi connectivity index (χ2n) is 3.53. The van der Waals surface area contributed by atoms with Gasteiger partial charge in [-0.05, 0) is 17.6 Å². The number of aromatic nitrogens is 3. The third kappa shape index (κ3) is 2.83. The molecule has 0 aliphatic carbocycles. The first-order valence-corrected chi connectivity index (χ1v) is 5.08. The molecule has 6 nitrogen and oxygen atoms in total. The summed E-state index contributed by atoms with van der Waals surface area (Å²) in [7, 11) is 0.333. The number of hydrogen-bond donors (Lipinski definition) is 2.